The molecule has 2 atom stereocenters. The van der Waals surface area contributed by atoms with Gasteiger partial charge in [-0.2, -0.15) is 0 Å². The van der Waals surface area contributed by atoms with E-state index in [4.69, 9.17) is 5.73 Å². The summed E-state index contributed by atoms with van der Waals surface area (Å²) in [4.78, 5) is 17.2. The average molecular weight is 423 g/mol. The van der Waals surface area contributed by atoms with Crippen LogP contribution in [0.3, 0.4) is 0 Å². The first-order valence-corrected chi connectivity index (χ1v) is 9.30. The first-order chi connectivity index (χ1) is 12.6. The topological polar surface area (TPSA) is 61.6 Å². The second-order valence-corrected chi connectivity index (χ2v) is 7.42. The number of carbonyl (C=O) groups is 1. The number of halogens is 2. The SMILES string of the molecule is CN1CCN(c2ccc(C(=O)Nc3ccc([C@@H]4C[C@H]4N)cc3)cc2)CC1.Cl.Cl. The van der Waals surface area contributed by atoms with E-state index in [0.29, 0.717) is 17.5 Å². The zero-order valence-corrected chi connectivity index (χ0v) is 17.6. The molecule has 152 valence electrons. The van der Waals surface area contributed by atoms with Gasteiger partial charge in [-0.05, 0) is 55.4 Å². The molecule has 2 aromatic rings. The number of nitrogens with zero attached hydrogens (tertiary/aromatic N) is 2. The number of anilines is 2. The lowest BCUT2D eigenvalue weighted by atomic mass is 10.1. The van der Waals surface area contributed by atoms with Crippen molar-refractivity contribution in [2.24, 2.45) is 5.73 Å². The highest BCUT2D eigenvalue weighted by atomic mass is 35.5. The molecule has 0 spiro atoms. The maximum Gasteiger partial charge on any atom is 0.255 e. The van der Waals surface area contributed by atoms with E-state index < -0.39 is 0 Å². The van der Waals surface area contributed by atoms with Gasteiger partial charge in [0.1, 0.15) is 0 Å². The maximum absolute atomic E-state index is 12.5. The number of hydrogen-bond acceptors (Lipinski definition) is 4. The molecular formula is C21H28Cl2N4O. The highest BCUT2D eigenvalue weighted by Crippen LogP contribution is 2.39. The van der Waals surface area contributed by atoms with Gasteiger partial charge in [0, 0.05) is 55.1 Å². The fourth-order valence-electron chi connectivity index (χ4n) is 3.50. The monoisotopic (exact) mass is 422 g/mol. The largest absolute Gasteiger partial charge is 0.369 e. The van der Waals surface area contributed by atoms with E-state index in [0.717, 1.165) is 38.3 Å². The van der Waals surface area contributed by atoms with Crippen molar-refractivity contribution in [3.8, 4) is 0 Å². The molecule has 2 aliphatic rings. The quantitative estimate of drug-likeness (QED) is 0.792. The van der Waals surface area contributed by atoms with E-state index >= 15 is 0 Å². The Hall–Kier alpha value is -1.79. The second-order valence-electron chi connectivity index (χ2n) is 7.42. The minimum atomic E-state index is -0.0780. The number of piperazine rings is 1. The summed E-state index contributed by atoms with van der Waals surface area (Å²) in [5.74, 6) is 0.410. The van der Waals surface area contributed by atoms with Crippen LogP contribution in [0.5, 0.6) is 0 Å². The number of carbonyl (C=O) groups excluding carboxylic acids is 1. The van der Waals surface area contributed by atoms with E-state index in [-0.39, 0.29) is 30.7 Å². The summed E-state index contributed by atoms with van der Waals surface area (Å²) in [6.07, 6.45) is 1.06. The molecule has 7 heteroatoms. The number of hydrogen-bond donors (Lipinski definition) is 2. The third-order valence-electron chi connectivity index (χ3n) is 5.43. The first kappa shape index (κ1) is 22.5. The molecule has 0 aromatic heterocycles. The number of likely N-dealkylation sites (N-methyl/N-ethyl adjacent to an activating group) is 1. The van der Waals surface area contributed by atoms with Crippen LogP contribution in [0.25, 0.3) is 0 Å². The average Bonchev–Trinajstić information content (AvgIpc) is 3.40. The molecule has 4 rings (SSSR count). The van der Waals surface area contributed by atoms with Gasteiger partial charge < -0.3 is 20.9 Å². The van der Waals surface area contributed by atoms with Gasteiger partial charge in [-0.3, -0.25) is 4.79 Å². The van der Waals surface area contributed by atoms with Crippen LogP contribution in [0.15, 0.2) is 48.5 Å². The molecule has 3 N–H and O–H groups in total. The van der Waals surface area contributed by atoms with Crippen LogP contribution in [-0.2, 0) is 0 Å². The van der Waals surface area contributed by atoms with Gasteiger partial charge in [0.15, 0.2) is 0 Å². The number of amides is 1. The van der Waals surface area contributed by atoms with E-state index in [1.807, 2.05) is 36.4 Å². The number of nitrogens with two attached hydrogens (primary N) is 1. The second kappa shape index (κ2) is 9.61. The number of nitrogens with one attached hydrogen (secondary N) is 1. The third kappa shape index (κ3) is 5.17. The summed E-state index contributed by atoms with van der Waals surface area (Å²) in [7, 11) is 2.15. The smallest absolute Gasteiger partial charge is 0.255 e. The van der Waals surface area contributed by atoms with Gasteiger partial charge in [0.05, 0.1) is 0 Å². The van der Waals surface area contributed by atoms with Gasteiger partial charge >= 0.3 is 0 Å². The fourth-order valence-corrected chi connectivity index (χ4v) is 3.50. The van der Waals surface area contributed by atoms with Crippen molar-refractivity contribution in [3.63, 3.8) is 0 Å². The van der Waals surface area contributed by atoms with Crippen LogP contribution in [0, 0.1) is 0 Å². The Morgan fingerprint density at radius 2 is 1.54 bits per heavy atom. The van der Waals surface area contributed by atoms with Crippen molar-refractivity contribution in [2.75, 3.05) is 43.4 Å². The van der Waals surface area contributed by atoms with Crippen molar-refractivity contribution < 1.29 is 4.79 Å². The molecule has 0 radical (unpaired) electrons. The molecule has 5 nitrogen and oxygen atoms in total. The number of rotatable bonds is 4. The van der Waals surface area contributed by atoms with Crippen molar-refractivity contribution in [2.45, 2.75) is 18.4 Å². The minimum Gasteiger partial charge on any atom is -0.369 e. The van der Waals surface area contributed by atoms with E-state index in [1.165, 1.54) is 11.3 Å². The van der Waals surface area contributed by atoms with Crippen LogP contribution in [0.4, 0.5) is 11.4 Å². The molecule has 1 saturated carbocycles. The zero-order valence-electron chi connectivity index (χ0n) is 16.0. The molecule has 1 amide bonds. The van der Waals surface area contributed by atoms with E-state index in [1.54, 1.807) is 0 Å². The molecule has 2 fully saturated rings. The lowest BCUT2D eigenvalue weighted by Crippen LogP contribution is -2.44. The standard InChI is InChI=1S/C21H26N4O.2ClH/c1-24-10-12-25(13-11-24)18-8-4-16(5-9-18)21(26)23-17-6-2-15(3-7-17)19-14-20(19)22;;/h2-9,19-20H,10-14,22H2,1H3,(H,23,26);2*1H/t19-,20+;;/m0../s1. The Balaban J connectivity index is 0.00000140. The van der Waals surface area contributed by atoms with Crippen molar-refractivity contribution >= 4 is 42.1 Å². The lowest BCUT2D eigenvalue weighted by Gasteiger charge is -2.34. The molecule has 1 heterocycles. The maximum atomic E-state index is 12.5. The van der Waals surface area contributed by atoms with Crippen LogP contribution < -0.4 is 16.0 Å². The Morgan fingerprint density at radius 1 is 0.964 bits per heavy atom. The lowest BCUT2D eigenvalue weighted by molar-refractivity contribution is 0.102. The van der Waals surface area contributed by atoms with Crippen LogP contribution in [0.2, 0.25) is 0 Å². The molecule has 1 saturated heterocycles. The van der Waals surface area contributed by atoms with E-state index in [9.17, 15) is 4.79 Å². The van der Waals surface area contributed by atoms with Crippen molar-refractivity contribution in [3.05, 3.63) is 59.7 Å². The van der Waals surface area contributed by atoms with Crippen LogP contribution in [-0.4, -0.2) is 50.1 Å². The summed E-state index contributed by atoms with van der Waals surface area (Å²) >= 11 is 0. The van der Waals surface area contributed by atoms with Gasteiger partial charge in [-0.15, -0.1) is 24.8 Å². The molecular weight excluding hydrogens is 395 g/mol. The Kier molecular flexibility index (Phi) is 7.72. The van der Waals surface area contributed by atoms with Crippen LogP contribution in [0.1, 0.15) is 28.3 Å². The van der Waals surface area contributed by atoms with E-state index in [2.05, 4.69) is 34.3 Å². The summed E-state index contributed by atoms with van der Waals surface area (Å²) in [5, 5.41) is 2.97. The summed E-state index contributed by atoms with van der Waals surface area (Å²) in [5.41, 5.74) is 9.82. The summed E-state index contributed by atoms with van der Waals surface area (Å²) in [6, 6.07) is 16.2. The predicted octanol–water partition coefficient (Wildman–Crippen LogP) is 3.35. The highest BCUT2D eigenvalue weighted by Gasteiger charge is 2.34. The molecule has 0 bridgehead atoms. The predicted molar refractivity (Wildman–Crippen MR) is 120 cm³/mol. The Labute approximate surface area is 179 Å². The summed E-state index contributed by atoms with van der Waals surface area (Å²) in [6.45, 7) is 4.20. The third-order valence-corrected chi connectivity index (χ3v) is 5.43. The molecule has 28 heavy (non-hydrogen) atoms. The highest BCUT2D eigenvalue weighted by molar-refractivity contribution is 6.04. The first-order valence-electron chi connectivity index (χ1n) is 9.30. The minimum absolute atomic E-state index is 0. The van der Waals surface area contributed by atoms with Crippen molar-refractivity contribution in [1.29, 1.82) is 0 Å². The van der Waals surface area contributed by atoms with Gasteiger partial charge in [0.25, 0.3) is 5.91 Å². The number of benzene rings is 2. The Bertz CT molecular complexity index is 774. The normalized spacial score (nSPS) is 21.3. The van der Waals surface area contributed by atoms with Gasteiger partial charge in [-0.25, -0.2) is 0 Å². The van der Waals surface area contributed by atoms with Crippen molar-refractivity contribution in [1.82, 2.24) is 4.90 Å². The fraction of sp³-hybridized carbons (Fsp3) is 0.381. The molecule has 1 aliphatic heterocycles. The van der Waals surface area contributed by atoms with Gasteiger partial charge in [0.2, 0.25) is 0 Å². The van der Waals surface area contributed by atoms with Crippen LogP contribution >= 0.6 is 24.8 Å². The molecule has 2 aromatic carbocycles. The molecule has 0 unspecified atom stereocenters. The molecule has 1 aliphatic carbocycles. The van der Waals surface area contributed by atoms with Gasteiger partial charge in [-0.1, -0.05) is 12.1 Å². The summed E-state index contributed by atoms with van der Waals surface area (Å²) < 4.78 is 0. The zero-order chi connectivity index (χ0) is 18.1. The Morgan fingerprint density at radius 3 is 2.07 bits per heavy atom.